The highest BCUT2D eigenvalue weighted by Gasteiger charge is 2.05. The highest BCUT2D eigenvalue weighted by molar-refractivity contribution is 7.99. The number of ether oxygens (including phenoxy) is 1. The Morgan fingerprint density at radius 3 is 2.77 bits per heavy atom. The van der Waals surface area contributed by atoms with Gasteiger partial charge >= 0.3 is 0 Å². The van der Waals surface area contributed by atoms with E-state index in [1.807, 2.05) is 6.92 Å². The van der Waals surface area contributed by atoms with Gasteiger partial charge < -0.3 is 15.4 Å². The molecule has 0 aromatic heterocycles. The van der Waals surface area contributed by atoms with Gasteiger partial charge in [0.05, 0.1) is 5.75 Å². The molecule has 1 rings (SSSR count). The molecule has 0 radical (unpaired) electrons. The van der Waals surface area contributed by atoms with Crippen molar-refractivity contribution in [1.82, 2.24) is 5.32 Å². The topological polar surface area (TPSA) is 67.4 Å². The SMILES string of the molecule is CCCCSCC(=O)Nc1cccc(OCC(=O)NCC)c1. The van der Waals surface area contributed by atoms with E-state index in [2.05, 4.69) is 17.6 Å². The van der Waals surface area contributed by atoms with Crippen LogP contribution < -0.4 is 15.4 Å². The number of carbonyl (C=O) groups is 2. The molecule has 0 saturated carbocycles. The van der Waals surface area contributed by atoms with Crippen molar-refractivity contribution in [3.63, 3.8) is 0 Å². The van der Waals surface area contributed by atoms with Crippen LogP contribution in [0.25, 0.3) is 0 Å². The number of carbonyl (C=O) groups excluding carboxylic acids is 2. The largest absolute Gasteiger partial charge is 0.484 e. The van der Waals surface area contributed by atoms with Crippen LogP contribution in [0.1, 0.15) is 26.7 Å². The summed E-state index contributed by atoms with van der Waals surface area (Å²) in [6.45, 7) is 4.53. The quantitative estimate of drug-likeness (QED) is 0.649. The number of anilines is 1. The van der Waals surface area contributed by atoms with Crippen molar-refractivity contribution < 1.29 is 14.3 Å². The van der Waals surface area contributed by atoms with Crippen LogP contribution in [0.15, 0.2) is 24.3 Å². The Morgan fingerprint density at radius 2 is 2.05 bits per heavy atom. The van der Waals surface area contributed by atoms with Gasteiger partial charge in [-0.1, -0.05) is 19.4 Å². The lowest BCUT2D eigenvalue weighted by molar-refractivity contribution is -0.123. The van der Waals surface area contributed by atoms with E-state index in [0.717, 1.165) is 18.6 Å². The molecule has 2 amide bonds. The molecule has 6 heteroatoms. The molecule has 0 fully saturated rings. The third kappa shape index (κ3) is 7.93. The van der Waals surface area contributed by atoms with Gasteiger partial charge in [0.1, 0.15) is 5.75 Å². The van der Waals surface area contributed by atoms with Gasteiger partial charge in [-0.3, -0.25) is 9.59 Å². The first-order valence-corrected chi connectivity index (χ1v) is 8.68. The Hall–Kier alpha value is -1.69. The Morgan fingerprint density at radius 1 is 1.23 bits per heavy atom. The number of rotatable bonds is 10. The first-order valence-electron chi connectivity index (χ1n) is 7.52. The highest BCUT2D eigenvalue weighted by Crippen LogP contribution is 2.17. The van der Waals surface area contributed by atoms with Gasteiger partial charge in [-0.05, 0) is 31.2 Å². The third-order valence-electron chi connectivity index (χ3n) is 2.74. The minimum atomic E-state index is -0.163. The van der Waals surface area contributed by atoms with Crippen LogP contribution in [0.3, 0.4) is 0 Å². The van der Waals surface area contributed by atoms with E-state index < -0.39 is 0 Å². The zero-order valence-electron chi connectivity index (χ0n) is 13.2. The summed E-state index contributed by atoms with van der Waals surface area (Å²) >= 11 is 1.63. The van der Waals surface area contributed by atoms with E-state index in [1.54, 1.807) is 36.0 Å². The number of benzene rings is 1. The second kappa shape index (κ2) is 11.0. The first kappa shape index (κ1) is 18.4. The van der Waals surface area contributed by atoms with Crippen LogP contribution in [0, 0.1) is 0 Å². The average Bonchev–Trinajstić information content (AvgIpc) is 2.50. The molecule has 0 bridgehead atoms. The molecule has 0 aliphatic heterocycles. The van der Waals surface area contributed by atoms with E-state index in [4.69, 9.17) is 4.74 Å². The van der Waals surface area contributed by atoms with Crippen LogP contribution in [-0.2, 0) is 9.59 Å². The number of amides is 2. The zero-order chi connectivity index (χ0) is 16.2. The zero-order valence-corrected chi connectivity index (χ0v) is 14.0. The molecule has 1 aromatic rings. The Labute approximate surface area is 136 Å². The average molecular weight is 324 g/mol. The summed E-state index contributed by atoms with van der Waals surface area (Å²) in [5.41, 5.74) is 0.675. The number of hydrogen-bond acceptors (Lipinski definition) is 4. The fraction of sp³-hybridized carbons (Fsp3) is 0.500. The second-order valence-corrected chi connectivity index (χ2v) is 5.83. The predicted octanol–water partition coefficient (Wildman–Crippen LogP) is 2.67. The molecular formula is C16H24N2O3S. The minimum Gasteiger partial charge on any atom is -0.484 e. The van der Waals surface area contributed by atoms with Gasteiger partial charge in [-0.15, -0.1) is 0 Å². The highest BCUT2D eigenvalue weighted by atomic mass is 32.2. The van der Waals surface area contributed by atoms with Crippen LogP contribution in [0.4, 0.5) is 5.69 Å². The smallest absolute Gasteiger partial charge is 0.257 e. The van der Waals surface area contributed by atoms with Gasteiger partial charge in [0, 0.05) is 18.3 Å². The van der Waals surface area contributed by atoms with E-state index >= 15 is 0 Å². The number of nitrogens with one attached hydrogen (secondary N) is 2. The fourth-order valence-corrected chi connectivity index (χ4v) is 2.56. The summed E-state index contributed by atoms with van der Waals surface area (Å²) in [4.78, 5) is 23.1. The van der Waals surface area contributed by atoms with Gasteiger partial charge in [0.25, 0.3) is 5.91 Å². The number of unbranched alkanes of at least 4 members (excludes halogenated alkanes) is 1. The lowest BCUT2D eigenvalue weighted by Crippen LogP contribution is -2.28. The van der Waals surface area contributed by atoms with Crippen molar-refractivity contribution in [2.45, 2.75) is 26.7 Å². The number of likely N-dealkylation sites (N-methyl/N-ethyl adjacent to an activating group) is 1. The van der Waals surface area contributed by atoms with Crippen molar-refractivity contribution in [2.75, 3.05) is 30.0 Å². The molecule has 122 valence electrons. The van der Waals surface area contributed by atoms with E-state index in [9.17, 15) is 9.59 Å². The summed E-state index contributed by atoms with van der Waals surface area (Å²) in [5, 5.41) is 5.49. The minimum absolute atomic E-state index is 0.0259. The molecule has 0 atom stereocenters. The Balaban J connectivity index is 2.39. The molecular weight excluding hydrogens is 300 g/mol. The van der Waals surface area contributed by atoms with Crippen LogP contribution in [0.5, 0.6) is 5.75 Å². The Bertz CT molecular complexity index is 480. The maximum atomic E-state index is 11.8. The standard InChI is InChI=1S/C16H24N2O3S/c1-3-5-9-22-12-16(20)18-13-7-6-8-14(10-13)21-11-15(19)17-4-2/h6-8,10H,3-5,9,11-12H2,1-2H3,(H,17,19)(H,18,20). The van der Waals surface area contributed by atoms with Gasteiger partial charge in [0.15, 0.2) is 6.61 Å². The van der Waals surface area contributed by atoms with E-state index in [-0.39, 0.29) is 18.4 Å². The van der Waals surface area contributed by atoms with Crippen molar-refractivity contribution in [3.05, 3.63) is 24.3 Å². The van der Waals surface area contributed by atoms with Gasteiger partial charge in [-0.25, -0.2) is 0 Å². The predicted molar refractivity (Wildman–Crippen MR) is 91.5 cm³/mol. The second-order valence-electron chi connectivity index (χ2n) is 4.72. The summed E-state index contributed by atoms with van der Waals surface area (Å²) in [6, 6.07) is 7.05. The van der Waals surface area contributed by atoms with Gasteiger partial charge in [0.2, 0.25) is 5.91 Å². The molecule has 0 aliphatic carbocycles. The van der Waals surface area contributed by atoms with Crippen LogP contribution in [-0.4, -0.2) is 36.5 Å². The third-order valence-corrected chi connectivity index (χ3v) is 3.78. The lowest BCUT2D eigenvalue weighted by Gasteiger charge is -2.09. The van der Waals surface area contributed by atoms with Crippen molar-refractivity contribution in [1.29, 1.82) is 0 Å². The maximum Gasteiger partial charge on any atom is 0.257 e. The normalized spacial score (nSPS) is 10.1. The lowest BCUT2D eigenvalue weighted by atomic mass is 10.3. The molecule has 0 heterocycles. The molecule has 0 spiro atoms. The van der Waals surface area contributed by atoms with E-state index in [0.29, 0.717) is 23.7 Å². The van der Waals surface area contributed by atoms with Crippen LogP contribution >= 0.6 is 11.8 Å². The molecule has 2 N–H and O–H groups in total. The number of hydrogen-bond donors (Lipinski definition) is 2. The van der Waals surface area contributed by atoms with Crippen molar-refractivity contribution >= 4 is 29.3 Å². The monoisotopic (exact) mass is 324 g/mol. The first-order chi connectivity index (χ1) is 10.7. The van der Waals surface area contributed by atoms with Crippen LogP contribution in [0.2, 0.25) is 0 Å². The molecule has 0 unspecified atom stereocenters. The molecule has 5 nitrogen and oxygen atoms in total. The maximum absolute atomic E-state index is 11.8. The summed E-state index contributed by atoms with van der Waals surface area (Å²) in [6.07, 6.45) is 2.26. The summed E-state index contributed by atoms with van der Waals surface area (Å²) in [5.74, 6) is 1.82. The van der Waals surface area contributed by atoms with Crippen molar-refractivity contribution in [3.8, 4) is 5.75 Å². The van der Waals surface area contributed by atoms with Crippen molar-refractivity contribution in [2.24, 2.45) is 0 Å². The molecule has 1 aromatic carbocycles. The Kier molecular flexibility index (Phi) is 9.14. The summed E-state index contributed by atoms with van der Waals surface area (Å²) < 4.78 is 5.39. The summed E-state index contributed by atoms with van der Waals surface area (Å²) in [7, 11) is 0. The molecule has 22 heavy (non-hydrogen) atoms. The molecule has 0 aliphatic rings. The number of thioether (sulfide) groups is 1. The fourth-order valence-electron chi connectivity index (χ4n) is 1.67. The molecule has 0 saturated heterocycles. The van der Waals surface area contributed by atoms with E-state index in [1.165, 1.54) is 0 Å². The van der Waals surface area contributed by atoms with Gasteiger partial charge in [-0.2, -0.15) is 11.8 Å².